The summed E-state index contributed by atoms with van der Waals surface area (Å²) in [5.41, 5.74) is 5.40. The van der Waals surface area contributed by atoms with Crippen molar-refractivity contribution in [1.29, 1.82) is 0 Å². The maximum absolute atomic E-state index is 12.0. The Morgan fingerprint density at radius 3 is 2.21 bits per heavy atom. The summed E-state index contributed by atoms with van der Waals surface area (Å²) in [6, 6.07) is 12.2. The van der Waals surface area contributed by atoms with Crippen LogP contribution in [0.4, 0.5) is 5.69 Å². The number of aryl methyl sites for hydroxylation is 2. The second-order valence-electron chi connectivity index (χ2n) is 5.38. The molecule has 2 amide bonds. The number of hydrogen-bond acceptors (Lipinski definition) is 4. The Morgan fingerprint density at radius 1 is 0.958 bits per heavy atom. The maximum atomic E-state index is 12.0. The van der Waals surface area contributed by atoms with Crippen molar-refractivity contribution < 1.29 is 14.7 Å². The van der Waals surface area contributed by atoms with Crippen molar-refractivity contribution in [3.63, 3.8) is 0 Å². The third-order valence-electron chi connectivity index (χ3n) is 3.54. The third-order valence-corrected chi connectivity index (χ3v) is 3.54. The topological polar surface area (TPSA) is 90.8 Å². The lowest BCUT2D eigenvalue weighted by atomic mass is 10.1. The SMILES string of the molecule is C/C(=N\NC(=O)C(=O)Nc1c(C)cccc1C)c1ccccc1O. The Morgan fingerprint density at radius 2 is 1.58 bits per heavy atom. The van der Waals surface area contributed by atoms with E-state index in [0.29, 0.717) is 17.0 Å². The Labute approximate surface area is 140 Å². The minimum Gasteiger partial charge on any atom is -0.507 e. The zero-order chi connectivity index (χ0) is 17.7. The van der Waals surface area contributed by atoms with Crippen molar-refractivity contribution in [3.05, 3.63) is 59.2 Å². The lowest BCUT2D eigenvalue weighted by molar-refractivity contribution is -0.136. The van der Waals surface area contributed by atoms with Crippen LogP contribution in [-0.2, 0) is 9.59 Å². The minimum atomic E-state index is -0.882. The number of nitrogens with one attached hydrogen (secondary N) is 2. The second-order valence-corrected chi connectivity index (χ2v) is 5.38. The lowest BCUT2D eigenvalue weighted by Crippen LogP contribution is -2.33. The fraction of sp³-hybridized carbons (Fsp3) is 0.167. The minimum absolute atomic E-state index is 0.0491. The number of rotatable bonds is 3. The number of nitrogens with zero attached hydrogens (tertiary/aromatic N) is 1. The number of carbonyl (C=O) groups is 2. The number of phenols is 1. The fourth-order valence-electron chi connectivity index (χ4n) is 2.21. The molecule has 0 saturated heterocycles. The number of carbonyl (C=O) groups excluding carboxylic acids is 2. The third kappa shape index (κ3) is 3.98. The van der Waals surface area contributed by atoms with Gasteiger partial charge in [-0.05, 0) is 44.0 Å². The molecule has 6 heteroatoms. The summed E-state index contributed by atoms with van der Waals surface area (Å²) in [5.74, 6) is -1.64. The molecule has 0 spiro atoms. The second kappa shape index (κ2) is 7.41. The van der Waals surface area contributed by atoms with Crippen molar-refractivity contribution in [2.45, 2.75) is 20.8 Å². The van der Waals surface area contributed by atoms with E-state index in [1.54, 1.807) is 25.1 Å². The summed E-state index contributed by atoms with van der Waals surface area (Å²) in [4.78, 5) is 23.9. The van der Waals surface area contributed by atoms with E-state index in [1.807, 2.05) is 32.0 Å². The van der Waals surface area contributed by atoms with Crippen LogP contribution in [0.5, 0.6) is 5.75 Å². The first kappa shape index (κ1) is 17.2. The number of phenolic OH excluding ortho intramolecular Hbond substituents is 1. The molecule has 0 aromatic heterocycles. The smallest absolute Gasteiger partial charge is 0.329 e. The molecule has 0 atom stereocenters. The monoisotopic (exact) mass is 325 g/mol. The molecule has 2 aromatic carbocycles. The fourth-order valence-corrected chi connectivity index (χ4v) is 2.21. The van der Waals surface area contributed by atoms with E-state index in [9.17, 15) is 14.7 Å². The number of aromatic hydroxyl groups is 1. The molecule has 0 fully saturated rings. The summed E-state index contributed by atoms with van der Waals surface area (Å²) >= 11 is 0. The Hall–Kier alpha value is -3.15. The molecule has 0 aliphatic carbocycles. The van der Waals surface area contributed by atoms with Crippen LogP contribution < -0.4 is 10.7 Å². The standard InChI is InChI=1S/C18H19N3O3/c1-11-7-6-8-12(2)16(11)19-17(23)18(24)21-20-13(3)14-9-4-5-10-15(14)22/h4-10,22H,1-3H3,(H,19,23)(H,21,24)/b20-13+. The molecule has 0 aliphatic heterocycles. The van der Waals surface area contributed by atoms with Crippen LogP contribution in [0, 0.1) is 13.8 Å². The van der Waals surface area contributed by atoms with Gasteiger partial charge in [-0.2, -0.15) is 5.10 Å². The molecule has 3 N–H and O–H groups in total. The van der Waals surface area contributed by atoms with E-state index in [2.05, 4.69) is 15.8 Å². The van der Waals surface area contributed by atoms with Gasteiger partial charge >= 0.3 is 11.8 Å². The van der Waals surface area contributed by atoms with Crippen molar-refractivity contribution in [2.24, 2.45) is 5.10 Å². The average Bonchev–Trinajstić information content (AvgIpc) is 2.56. The predicted molar refractivity (Wildman–Crippen MR) is 93.0 cm³/mol. The van der Waals surface area contributed by atoms with E-state index in [4.69, 9.17) is 0 Å². The molecule has 0 radical (unpaired) electrons. The molecule has 0 aliphatic rings. The van der Waals surface area contributed by atoms with Gasteiger partial charge in [0.25, 0.3) is 0 Å². The summed E-state index contributed by atoms with van der Waals surface area (Å²) in [7, 11) is 0. The number of hydrogen-bond donors (Lipinski definition) is 3. The highest BCUT2D eigenvalue weighted by Gasteiger charge is 2.15. The molecular formula is C18H19N3O3. The van der Waals surface area contributed by atoms with Crippen LogP contribution in [0.2, 0.25) is 0 Å². The van der Waals surface area contributed by atoms with Gasteiger partial charge in [-0.3, -0.25) is 9.59 Å². The van der Waals surface area contributed by atoms with Gasteiger partial charge in [0.15, 0.2) is 0 Å². The summed E-state index contributed by atoms with van der Waals surface area (Å²) in [5, 5.41) is 16.2. The molecule has 2 rings (SSSR count). The highest BCUT2D eigenvalue weighted by Crippen LogP contribution is 2.19. The van der Waals surface area contributed by atoms with Gasteiger partial charge in [-0.1, -0.05) is 30.3 Å². The molecule has 6 nitrogen and oxygen atoms in total. The first-order valence-corrected chi connectivity index (χ1v) is 7.40. The van der Waals surface area contributed by atoms with Crippen LogP contribution >= 0.6 is 0 Å². The summed E-state index contributed by atoms with van der Waals surface area (Å²) in [6.45, 7) is 5.32. The summed E-state index contributed by atoms with van der Waals surface area (Å²) in [6.07, 6.45) is 0. The molecular weight excluding hydrogens is 306 g/mol. The van der Waals surface area contributed by atoms with Gasteiger partial charge in [0.2, 0.25) is 0 Å². The highest BCUT2D eigenvalue weighted by atomic mass is 16.3. The van der Waals surface area contributed by atoms with E-state index < -0.39 is 11.8 Å². The quantitative estimate of drug-likeness (QED) is 0.460. The maximum Gasteiger partial charge on any atom is 0.329 e. The molecule has 2 aromatic rings. The van der Waals surface area contributed by atoms with Crippen LogP contribution in [0.25, 0.3) is 0 Å². The van der Waals surface area contributed by atoms with Gasteiger partial charge in [0.05, 0.1) is 5.71 Å². The zero-order valence-corrected chi connectivity index (χ0v) is 13.8. The molecule has 124 valence electrons. The van der Waals surface area contributed by atoms with Gasteiger partial charge in [0.1, 0.15) is 5.75 Å². The normalized spacial score (nSPS) is 11.0. The highest BCUT2D eigenvalue weighted by molar-refractivity contribution is 6.39. The Bertz CT molecular complexity index is 793. The van der Waals surface area contributed by atoms with Crippen molar-refractivity contribution in [3.8, 4) is 5.75 Å². The van der Waals surface area contributed by atoms with E-state index >= 15 is 0 Å². The zero-order valence-electron chi connectivity index (χ0n) is 13.8. The van der Waals surface area contributed by atoms with Crippen molar-refractivity contribution >= 4 is 23.2 Å². The Balaban J connectivity index is 2.06. The van der Waals surface area contributed by atoms with E-state index in [-0.39, 0.29) is 5.75 Å². The number of anilines is 1. The summed E-state index contributed by atoms with van der Waals surface area (Å²) < 4.78 is 0. The van der Waals surface area contributed by atoms with Gasteiger partial charge < -0.3 is 10.4 Å². The number of para-hydroxylation sites is 2. The molecule has 0 heterocycles. The largest absolute Gasteiger partial charge is 0.507 e. The van der Waals surface area contributed by atoms with Gasteiger partial charge in [-0.25, -0.2) is 5.43 Å². The number of benzene rings is 2. The first-order valence-electron chi connectivity index (χ1n) is 7.40. The lowest BCUT2D eigenvalue weighted by Gasteiger charge is -2.10. The van der Waals surface area contributed by atoms with Crippen LogP contribution in [0.15, 0.2) is 47.6 Å². The molecule has 0 saturated carbocycles. The van der Waals surface area contributed by atoms with Crippen molar-refractivity contribution in [1.82, 2.24) is 5.43 Å². The van der Waals surface area contributed by atoms with Gasteiger partial charge in [0, 0.05) is 11.3 Å². The molecule has 0 unspecified atom stereocenters. The average molecular weight is 325 g/mol. The van der Waals surface area contributed by atoms with E-state index in [0.717, 1.165) is 11.1 Å². The predicted octanol–water partition coefficient (Wildman–Crippen LogP) is 2.49. The number of hydrazone groups is 1. The van der Waals surface area contributed by atoms with Crippen LogP contribution in [0.1, 0.15) is 23.6 Å². The molecule has 24 heavy (non-hydrogen) atoms. The van der Waals surface area contributed by atoms with Gasteiger partial charge in [-0.15, -0.1) is 0 Å². The van der Waals surface area contributed by atoms with Crippen molar-refractivity contribution in [2.75, 3.05) is 5.32 Å². The molecule has 0 bridgehead atoms. The van der Waals surface area contributed by atoms with Crippen LogP contribution in [-0.4, -0.2) is 22.6 Å². The first-order chi connectivity index (χ1) is 11.4. The van der Waals surface area contributed by atoms with E-state index in [1.165, 1.54) is 6.07 Å². The Kier molecular flexibility index (Phi) is 5.31. The number of amides is 2. The van der Waals surface area contributed by atoms with Crippen LogP contribution in [0.3, 0.4) is 0 Å².